The lowest BCUT2D eigenvalue weighted by Crippen LogP contribution is -2.28. The molecule has 1 N–H and O–H groups in total. The number of benzene rings is 1. The van der Waals surface area contributed by atoms with E-state index in [0.717, 1.165) is 16.8 Å². The molecule has 1 atom stereocenters. The molecule has 7 heteroatoms. The second-order valence-electron chi connectivity index (χ2n) is 5.81. The molecule has 0 fully saturated rings. The van der Waals surface area contributed by atoms with Crippen molar-refractivity contribution >= 4 is 5.91 Å². The van der Waals surface area contributed by atoms with E-state index >= 15 is 0 Å². The maximum atomic E-state index is 12.4. The largest absolute Gasteiger partial charge is 0.493 e. The first-order chi connectivity index (χ1) is 11.9. The van der Waals surface area contributed by atoms with Crippen molar-refractivity contribution in [2.45, 2.75) is 26.3 Å². The van der Waals surface area contributed by atoms with Crippen LogP contribution in [-0.2, 0) is 18.3 Å². The number of hydrogen-bond donors (Lipinski definition) is 1. The molecule has 2 rings (SSSR count). The lowest BCUT2D eigenvalue weighted by atomic mass is 10.1. The van der Waals surface area contributed by atoms with Gasteiger partial charge in [0.25, 0.3) is 0 Å². The maximum absolute atomic E-state index is 12.4. The maximum Gasteiger partial charge on any atom is 0.224 e. The molecular formula is C18H25N3O4. The fraction of sp³-hybridized carbons (Fsp3) is 0.444. The smallest absolute Gasteiger partial charge is 0.224 e. The summed E-state index contributed by atoms with van der Waals surface area (Å²) in [5.74, 6) is 1.47. The van der Waals surface area contributed by atoms with Crippen LogP contribution in [0.2, 0.25) is 0 Å². The molecule has 136 valence electrons. The average Bonchev–Trinajstić information content (AvgIpc) is 2.92. The molecule has 0 aliphatic rings. The number of nitrogens with one attached hydrogen (secondary N) is 1. The zero-order chi connectivity index (χ0) is 18.6. The molecular weight excluding hydrogens is 322 g/mol. The summed E-state index contributed by atoms with van der Waals surface area (Å²) in [5.41, 5.74) is 2.81. The quantitative estimate of drug-likeness (QED) is 0.831. The molecule has 7 nitrogen and oxygen atoms in total. The molecule has 0 unspecified atom stereocenters. The minimum Gasteiger partial charge on any atom is -0.493 e. The van der Waals surface area contributed by atoms with Crippen LogP contribution in [0.5, 0.6) is 17.2 Å². The van der Waals surface area contributed by atoms with E-state index < -0.39 is 0 Å². The zero-order valence-corrected chi connectivity index (χ0v) is 15.5. The Hall–Kier alpha value is -2.70. The van der Waals surface area contributed by atoms with Gasteiger partial charge in [-0.1, -0.05) is 0 Å². The van der Waals surface area contributed by atoms with Crippen LogP contribution in [0.25, 0.3) is 0 Å². The summed E-state index contributed by atoms with van der Waals surface area (Å²) >= 11 is 0. The summed E-state index contributed by atoms with van der Waals surface area (Å²) < 4.78 is 17.7. The van der Waals surface area contributed by atoms with Crippen molar-refractivity contribution in [3.8, 4) is 17.2 Å². The standard InChI is InChI=1S/C18H25N3O4/c1-11(14-10-19-21(3)12(14)2)20-17(22)9-13-7-15(23-4)18(25-6)16(8-13)24-5/h7-8,10-11H,9H2,1-6H3,(H,20,22)/t11-/m1/s1. The number of carbonyl (C=O) groups excluding carboxylic acids is 1. The number of hydrogen-bond acceptors (Lipinski definition) is 5. The monoisotopic (exact) mass is 347 g/mol. The number of amides is 1. The first kappa shape index (κ1) is 18.6. The van der Waals surface area contributed by atoms with Gasteiger partial charge in [-0.2, -0.15) is 5.10 Å². The molecule has 0 aliphatic heterocycles. The third-order valence-corrected chi connectivity index (χ3v) is 4.21. The van der Waals surface area contributed by atoms with Gasteiger partial charge in [0.15, 0.2) is 11.5 Å². The highest BCUT2D eigenvalue weighted by Gasteiger charge is 2.17. The Balaban J connectivity index is 2.13. The summed E-state index contributed by atoms with van der Waals surface area (Å²) in [6, 6.07) is 3.44. The zero-order valence-electron chi connectivity index (χ0n) is 15.5. The van der Waals surface area contributed by atoms with Gasteiger partial charge in [-0.15, -0.1) is 0 Å². The minimum absolute atomic E-state index is 0.0926. The Morgan fingerprint density at radius 1 is 1.20 bits per heavy atom. The number of ether oxygens (including phenoxy) is 3. The van der Waals surface area contributed by atoms with Gasteiger partial charge in [-0.3, -0.25) is 9.48 Å². The van der Waals surface area contributed by atoms with E-state index in [0.29, 0.717) is 17.2 Å². The van der Waals surface area contributed by atoms with E-state index in [2.05, 4.69) is 10.4 Å². The summed E-state index contributed by atoms with van der Waals surface area (Å²) in [4.78, 5) is 12.4. The van der Waals surface area contributed by atoms with Crippen molar-refractivity contribution in [1.29, 1.82) is 0 Å². The Morgan fingerprint density at radius 2 is 1.80 bits per heavy atom. The number of aromatic nitrogens is 2. The second-order valence-corrected chi connectivity index (χ2v) is 5.81. The van der Waals surface area contributed by atoms with Crippen molar-refractivity contribution in [3.05, 3.63) is 35.2 Å². The third kappa shape index (κ3) is 4.04. The van der Waals surface area contributed by atoms with Crippen LogP contribution in [0.15, 0.2) is 18.3 Å². The van der Waals surface area contributed by atoms with Gasteiger partial charge in [0.2, 0.25) is 11.7 Å². The predicted octanol–water partition coefficient (Wildman–Crippen LogP) is 2.17. The summed E-state index contributed by atoms with van der Waals surface area (Å²) in [6.45, 7) is 3.92. The van der Waals surface area contributed by atoms with E-state index in [1.807, 2.05) is 20.9 Å². The summed E-state index contributed by atoms with van der Waals surface area (Å²) in [6.07, 6.45) is 1.99. The third-order valence-electron chi connectivity index (χ3n) is 4.21. The van der Waals surface area contributed by atoms with Gasteiger partial charge in [0.1, 0.15) is 0 Å². The number of carbonyl (C=O) groups is 1. The van der Waals surface area contributed by atoms with Crippen LogP contribution in [0.4, 0.5) is 0 Å². The molecule has 0 aliphatic carbocycles. The van der Waals surface area contributed by atoms with Crippen molar-refractivity contribution in [1.82, 2.24) is 15.1 Å². The van der Waals surface area contributed by atoms with E-state index in [1.54, 1.807) is 44.3 Å². The van der Waals surface area contributed by atoms with Crippen LogP contribution < -0.4 is 19.5 Å². The number of aryl methyl sites for hydroxylation is 1. The molecule has 2 aromatic rings. The molecule has 0 saturated heterocycles. The molecule has 0 spiro atoms. The highest BCUT2D eigenvalue weighted by molar-refractivity contribution is 5.79. The summed E-state index contributed by atoms with van der Waals surface area (Å²) in [5, 5.41) is 7.21. The highest BCUT2D eigenvalue weighted by Crippen LogP contribution is 2.38. The Bertz CT molecular complexity index is 730. The Morgan fingerprint density at radius 3 is 2.24 bits per heavy atom. The molecule has 1 aromatic carbocycles. The van der Waals surface area contributed by atoms with Crippen LogP contribution in [-0.4, -0.2) is 37.0 Å². The molecule has 0 saturated carbocycles. The topological polar surface area (TPSA) is 74.6 Å². The number of methoxy groups -OCH3 is 3. The SMILES string of the molecule is COc1cc(CC(=O)N[C@H](C)c2cnn(C)c2C)cc(OC)c1OC. The normalized spacial score (nSPS) is 11.8. The van der Waals surface area contributed by atoms with Gasteiger partial charge >= 0.3 is 0 Å². The van der Waals surface area contributed by atoms with Gasteiger partial charge in [-0.05, 0) is 31.5 Å². The van der Waals surface area contributed by atoms with Gasteiger partial charge in [0.05, 0.1) is 40.0 Å². The van der Waals surface area contributed by atoms with E-state index in [4.69, 9.17) is 14.2 Å². The number of nitrogens with zero attached hydrogens (tertiary/aromatic N) is 2. The van der Waals surface area contributed by atoms with Gasteiger partial charge in [0, 0.05) is 18.3 Å². The molecule has 25 heavy (non-hydrogen) atoms. The molecule has 1 heterocycles. The average molecular weight is 347 g/mol. The predicted molar refractivity (Wildman–Crippen MR) is 94.3 cm³/mol. The summed E-state index contributed by atoms with van der Waals surface area (Å²) in [7, 11) is 6.52. The Labute approximate surface area is 147 Å². The molecule has 0 radical (unpaired) electrons. The first-order valence-corrected chi connectivity index (χ1v) is 7.98. The molecule has 1 aromatic heterocycles. The molecule has 0 bridgehead atoms. The van der Waals surface area contributed by atoms with Gasteiger partial charge in [-0.25, -0.2) is 0 Å². The Kier molecular flexibility index (Phi) is 5.90. The van der Waals surface area contributed by atoms with Crippen LogP contribution in [0, 0.1) is 6.92 Å². The number of rotatable bonds is 7. The highest BCUT2D eigenvalue weighted by atomic mass is 16.5. The second kappa shape index (κ2) is 7.92. The van der Waals surface area contributed by atoms with Crippen molar-refractivity contribution in [2.24, 2.45) is 7.05 Å². The van der Waals surface area contributed by atoms with Crippen molar-refractivity contribution in [3.63, 3.8) is 0 Å². The fourth-order valence-electron chi connectivity index (χ4n) is 2.73. The van der Waals surface area contributed by atoms with Crippen LogP contribution >= 0.6 is 0 Å². The van der Waals surface area contributed by atoms with E-state index in [-0.39, 0.29) is 18.4 Å². The van der Waals surface area contributed by atoms with Crippen molar-refractivity contribution in [2.75, 3.05) is 21.3 Å². The van der Waals surface area contributed by atoms with Crippen molar-refractivity contribution < 1.29 is 19.0 Å². The first-order valence-electron chi connectivity index (χ1n) is 7.98. The molecule has 1 amide bonds. The lowest BCUT2D eigenvalue weighted by Gasteiger charge is -2.16. The minimum atomic E-state index is -0.122. The van der Waals surface area contributed by atoms with E-state index in [9.17, 15) is 4.79 Å². The lowest BCUT2D eigenvalue weighted by molar-refractivity contribution is -0.121. The van der Waals surface area contributed by atoms with E-state index in [1.165, 1.54) is 0 Å². The van der Waals surface area contributed by atoms with Gasteiger partial charge < -0.3 is 19.5 Å². The van der Waals surface area contributed by atoms with Crippen LogP contribution in [0.3, 0.4) is 0 Å². The van der Waals surface area contributed by atoms with Crippen LogP contribution in [0.1, 0.15) is 29.8 Å². The fourth-order valence-corrected chi connectivity index (χ4v) is 2.73.